The van der Waals surface area contributed by atoms with Crippen molar-refractivity contribution in [2.75, 3.05) is 33.5 Å². The fraction of sp³-hybridized carbons (Fsp3) is 0.467. The fourth-order valence-corrected chi connectivity index (χ4v) is 1.64. The summed E-state index contributed by atoms with van der Waals surface area (Å²) in [6.07, 6.45) is 0.821. The third-order valence-corrected chi connectivity index (χ3v) is 2.65. The normalized spacial score (nSPS) is 10.1. The minimum absolute atomic E-state index is 0.124. The molecule has 1 rings (SSSR count). The van der Waals surface area contributed by atoms with Crippen LogP contribution in [0.1, 0.15) is 23.7 Å². The van der Waals surface area contributed by atoms with Gasteiger partial charge in [-0.3, -0.25) is 4.79 Å². The Morgan fingerprint density at radius 3 is 2.68 bits per heavy atom. The van der Waals surface area contributed by atoms with E-state index in [0.29, 0.717) is 23.7 Å². The summed E-state index contributed by atoms with van der Waals surface area (Å²) in [5.74, 6) is -0.304. The summed E-state index contributed by atoms with van der Waals surface area (Å²) in [5.41, 5.74) is 0.396. The van der Waals surface area contributed by atoms with E-state index in [-0.39, 0.29) is 25.7 Å². The van der Waals surface area contributed by atoms with E-state index < -0.39 is 5.97 Å². The Morgan fingerprint density at radius 2 is 2.05 bits per heavy atom. The number of carbonyl (C=O) groups is 2. The number of methoxy groups -OCH3 is 1. The molecule has 0 aliphatic heterocycles. The molecular formula is C15H21NO6. The van der Waals surface area contributed by atoms with Gasteiger partial charge in [0.1, 0.15) is 18.1 Å². The van der Waals surface area contributed by atoms with Crippen LogP contribution in [0.2, 0.25) is 0 Å². The van der Waals surface area contributed by atoms with Gasteiger partial charge in [0, 0.05) is 12.6 Å². The van der Waals surface area contributed by atoms with Crippen molar-refractivity contribution in [3.63, 3.8) is 0 Å². The first-order valence-electron chi connectivity index (χ1n) is 6.97. The van der Waals surface area contributed by atoms with Gasteiger partial charge in [-0.15, -0.1) is 0 Å². The lowest BCUT2D eigenvalue weighted by Crippen LogP contribution is -2.28. The Labute approximate surface area is 129 Å². The summed E-state index contributed by atoms with van der Waals surface area (Å²) in [5, 5.41) is 11.1. The van der Waals surface area contributed by atoms with Crippen LogP contribution in [0.3, 0.4) is 0 Å². The second kappa shape index (κ2) is 9.62. The monoisotopic (exact) mass is 311 g/mol. The highest BCUT2D eigenvalue weighted by molar-refractivity contribution is 5.97. The van der Waals surface area contributed by atoms with Crippen molar-refractivity contribution < 1.29 is 28.9 Å². The van der Waals surface area contributed by atoms with E-state index >= 15 is 0 Å². The highest BCUT2D eigenvalue weighted by atomic mass is 16.5. The molecule has 122 valence electrons. The number of ether oxygens (including phenoxy) is 3. The summed E-state index contributed by atoms with van der Waals surface area (Å²) < 4.78 is 15.5. The number of hydrogen-bond acceptors (Lipinski definition) is 5. The van der Waals surface area contributed by atoms with Crippen LogP contribution in [-0.2, 0) is 9.53 Å². The van der Waals surface area contributed by atoms with Crippen LogP contribution in [0.5, 0.6) is 11.5 Å². The molecule has 1 aromatic rings. The van der Waals surface area contributed by atoms with Gasteiger partial charge in [0.15, 0.2) is 0 Å². The lowest BCUT2D eigenvalue weighted by Gasteiger charge is -2.12. The van der Waals surface area contributed by atoms with Crippen LogP contribution in [0.4, 0.5) is 0 Å². The molecule has 0 radical (unpaired) electrons. The standard InChI is InChI=1S/C15H21NO6/c1-3-7-22-13-9-11(20-2)4-5-12(13)15(19)16-6-8-21-10-14(17)18/h4-5,9H,3,6-8,10H2,1-2H3,(H,16,19)(H,17,18). The number of aliphatic carboxylic acids is 1. The van der Waals surface area contributed by atoms with Gasteiger partial charge in [-0.1, -0.05) is 6.92 Å². The minimum atomic E-state index is -1.04. The van der Waals surface area contributed by atoms with Crippen molar-refractivity contribution >= 4 is 11.9 Å². The second-order valence-electron chi connectivity index (χ2n) is 4.41. The molecule has 0 heterocycles. The molecule has 0 aliphatic carbocycles. The van der Waals surface area contributed by atoms with Gasteiger partial charge in [0.25, 0.3) is 5.91 Å². The molecule has 0 bridgehead atoms. The van der Waals surface area contributed by atoms with Crippen LogP contribution in [-0.4, -0.2) is 50.5 Å². The van der Waals surface area contributed by atoms with Crippen LogP contribution >= 0.6 is 0 Å². The zero-order valence-corrected chi connectivity index (χ0v) is 12.8. The highest BCUT2D eigenvalue weighted by Crippen LogP contribution is 2.25. The van der Waals surface area contributed by atoms with E-state index in [1.807, 2.05) is 6.92 Å². The lowest BCUT2D eigenvalue weighted by molar-refractivity contribution is -0.142. The number of carbonyl (C=O) groups excluding carboxylic acids is 1. The van der Waals surface area contributed by atoms with E-state index in [0.717, 1.165) is 6.42 Å². The first kappa shape index (κ1) is 17.8. The van der Waals surface area contributed by atoms with E-state index in [1.165, 1.54) is 0 Å². The third-order valence-electron chi connectivity index (χ3n) is 2.65. The predicted octanol–water partition coefficient (Wildman–Crippen LogP) is 1.31. The maximum atomic E-state index is 12.1. The molecule has 1 aromatic carbocycles. The maximum absolute atomic E-state index is 12.1. The van der Waals surface area contributed by atoms with Gasteiger partial charge >= 0.3 is 5.97 Å². The zero-order valence-electron chi connectivity index (χ0n) is 12.8. The van der Waals surface area contributed by atoms with Crippen molar-refractivity contribution in [3.8, 4) is 11.5 Å². The lowest BCUT2D eigenvalue weighted by atomic mass is 10.1. The summed E-state index contributed by atoms with van der Waals surface area (Å²) >= 11 is 0. The Kier molecular flexibility index (Phi) is 7.77. The highest BCUT2D eigenvalue weighted by Gasteiger charge is 2.13. The minimum Gasteiger partial charge on any atom is -0.497 e. The van der Waals surface area contributed by atoms with Gasteiger partial charge in [0.05, 0.1) is 25.9 Å². The number of carboxylic acids is 1. The summed E-state index contributed by atoms with van der Waals surface area (Å²) in [6, 6.07) is 4.96. The number of nitrogens with one attached hydrogen (secondary N) is 1. The van der Waals surface area contributed by atoms with Crippen molar-refractivity contribution in [2.24, 2.45) is 0 Å². The molecule has 0 unspecified atom stereocenters. The van der Waals surface area contributed by atoms with Crippen LogP contribution in [0.15, 0.2) is 18.2 Å². The van der Waals surface area contributed by atoms with Gasteiger partial charge in [0.2, 0.25) is 0 Å². The summed E-state index contributed by atoms with van der Waals surface area (Å²) in [7, 11) is 1.54. The van der Waals surface area contributed by atoms with Crippen LogP contribution in [0, 0.1) is 0 Å². The zero-order chi connectivity index (χ0) is 16.4. The molecular weight excluding hydrogens is 290 g/mol. The molecule has 0 atom stereocenters. The van der Waals surface area contributed by atoms with E-state index in [2.05, 4.69) is 5.32 Å². The average molecular weight is 311 g/mol. The first-order valence-corrected chi connectivity index (χ1v) is 6.97. The number of hydrogen-bond donors (Lipinski definition) is 2. The van der Waals surface area contributed by atoms with Gasteiger partial charge < -0.3 is 24.6 Å². The number of amides is 1. The van der Waals surface area contributed by atoms with Gasteiger partial charge in [-0.25, -0.2) is 4.79 Å². The van der Waals surface area contributed by atoms with Crippen LogP contribution in [0.25, 0.3) is 0 Å². The summed E-state index contributed by atoms with van der Waals surface area (Å²) in [4.78, 5) is 22.4. The van der Waals surface area contributed by atoms with Crippen molar-refractivity contribution in [2.45, 2.75) is 13.3 Å². The molecule has 0 fully saturated rings. The molecule has 0 saturated heterocycles. The molecule has 0 aromatic heterocycles. The fourth-order valence-electron chi connectivity index (χ4n) is 1.64. The van der Waals surface area contributed by atoms with Crippen molar-refractivity contribution in [3.05, 3.63) is 23.8 Å². The quantitative estimate of drug-likeness (QED) is 0.633. The number of carboxylic acid groups (broad SMARTS) is 1. The van der Waals surface area contributed by atoms with E-state index in [4.69, 9.17) is 19.3 Å². The van der Waals surface area contributed by atoms with Gasteiger partial charge in [-0.2, -0.15) is 0 Å². The SMILES string of the molecule is CCCOc1cc(OC)ccc1C(=O)NCCOCC(=O)O. The second-order valence-corrected chi connectivity index (χ2v) is 4.41. The topological polar surface area (TPSA) is 94.1 Å². The van der Waals surface area contributed by atoms with Gasteiger partial charge in [-0.05, 0) is 18.6 Å². The van der Waals surface area contributed by atoms with E-state index in [1.54, 1.807) is 25.3 Å². The average Bonchev–Trinajstić information content (AvgIpc) is 2.51. The molecule has 0 saturated carbocycles. The largest absolute Gasteiger partial charge is 0.497 e. The molecule has 7 heteroatoms. The molecule has 22 heavy (non-hydrogen) atoms. The molecule has 1 amide bonds. The third kappa shape index (κ3) is 6.01. The molecule has 0 spiro atoms. The van der Waals surface area contributed by atoms with E-state index in [9.17, 15) is 9.59 Å². The Bertz CT molecular complexity index is 503. The number of benzene rings is 1. The summed E-state index contributed by atoms with van der Waals surface area (Å²) in [6.45, 7) is 2.42. The first-order chi connectivity index (χ1) is 10.6. The molecule has 7 nitrogen and oxygen atoms in total. The number of rotatable bonds is 10. The van der Waals surface area contributed by atoms with Crippen LogP contribution < -0.4 is 14.8 Å². The predicted molar refractivity (Wildman–Crippen MR) is 79.6 cm³/mol. The Balaban J connectivity index is 2.60. The maximum Gasteiger partial charge on any atom is 0.329 e. The van der Waals surface area contributed by atoms with Crippen molar-refractivity contribution in [1.82, 2.24) is 5.32 Å². The Hall–Kier alpha value is -2.28. The van der Waals surface area contributed by atoms with Crippen molar-refractivity contribution in [1.29, 1.82) is 0 Å². The Morgan fingerprint density at radius 1 is 1.27 bits per heavy atom. The molecule has 2 N–H and O–H groups in total. The molecule has 0 aliphatic rings. The smallest absolute Gasteiger partial charge is 0.329 e.